The summed E-state index contributed by atoms with van der Waals surface area (Å²) in [4.78, 5) is 30.8. The molecule has 0 fully saturated rings. The van der Waals surface area contributed by atoms with E-state index in [9.17, 15) is 20.0 Å². The number of benzene rings is 2. The van der Waals surface area contributed by atoms with Crippen LogP contribution >= 0.6 is 0 Å². The predicted molar refractivity (Wildman–Crippen MR) is 106 cm³/mol. The molecule has 1 amide bonds. The van der Waals surface area contributed by atoms with Crippen LogP contribution in [0.2, 0.25) is 0 Å². The second-order valence-corrected chi connectivity index (χ2v) is 6.84. The van der Waals surface area contributed by atoms with E-state index in [0.717, 1.165) is 12.0 Å². The lowest BCUT2D eigenvalue weighted by Crippen LogP contribution is -2.43. The fourth-order valence-electron chi connectivity index (χ4n) is 3.29. The molecule has 2 atom stereocenters. The highest BCUT2D eigenvalue weighted by molar-refractivity contribution is 6.20. The van der Waals surface area contributed by atoms with E-state index in [-0.39, 0.29) is 11.8 Å². The van der Waals surface area contributed by atoms with Gasteiger partial charge in [0.2, 0.25) is 0 Å². The molecule has 0 spiro atoms. The van der Waals surface area contributed by atoms with Crippen LogP contribution in [0.15, 0.2) is 53.5 Å². The maximum Gasteiger partial charge on any atom is 0.323 e. The first-order chi connectivity index (χ1) is 13.5. The van der Waals surface area contributed by atoms with Crippen molar-refractivity contribution in [3.63, 3.8) is 0 Å². The van der Waals surface area contributed by atoms with E-state index in [1.165, 1.54) is 4.90 Å². The highest BCUT2D eigenvalue weighted by Gasteiger charge is 2.35. The van der Waals surface area contributed by atoms with Crippen molar-refractivity contribution < 1.29 is 14.7 Å². The van der Waals surface area contributed by atoms with Crippen molar-refractivity contribution in [2.24, 2.45) is 10.9 Å². The Kier molecular flexibility index (Phi) is 5.55. The molecule has 3 rings (SSSR count). The number of amides is 1. The van der Waals surface area contributed by atoms with Gasteiger partial charge in [-0.15, -0.1) is 0 Å². The second-order valence-electron chi connectivity index (χ2n) is 6.84. The summed E-state index contributed by atoms with van der Waals surface area (Å²) in [6, 6.07) is 15.7. The molecule has 0 bridgehead atoms. The van der Waals surface area contributed by atoms with Crippen LogP contribution in [-0.4, -0.2) is 35.3 Å². The molecule has 1 aliphatic rings. The van der Waals surface area contributed by atoms with Gasteiger partial charge in [0.05, 0.1) is 23.0 Å². The normalized spacial score (nSPS) is 17.2. The number of carbonyl (C=O) groups is 2. The molecule has 1 unspecified atom stereocenters. The molecule has 1 N–H and O–H groups in total. The van der Waals surface area contributed by atoms with Crippen molar-refractivity contribution in [3.8, 4) is 6.07 Å². The molecular weight excluding hydrogens is 354 g/mol. The zero-order chi connectivity index (χ0) is 20.3. The molecule has 1 heterocycles. The lowest BCUT2D eigenvalue weighted by Gasteiger charge is -2.25. The minimum absolute atomic E-state index is 0.0627. The molecule has 1 aliphatic heterocycles. The van der Waals surface area contributed by atoms with Gasteiger partial charge < -0.3 is 5.11 Å². The maximum absolute atomic E-state index is 13.3. The van der Waals surface area contributed by atoms with Crippen LogP contribution in [0, 0.1) is 17.2 Å². The third kappa shape index (κ3) is 3.65. The number of aliphatic imine (C=N–C) groups is 1. The first-order valence-electron chi connectivity index (χ1n) is 9.17. The summed E-state index contributed by atoms with van der Waals surface area (Å²) in [5.41, 5.74) is 2.88. The number of anilines is 1. The molecule has 2 aromatic carbocycles. The molecule has 0 saturated carbocycles. The Hall–Kier alpha value is -3.46. The van der Waals surface area contributed by atoms with Crippen molar-refractivity contribution in [2.45, 2.75) is 26.3 Å². The zero-order valence-electron chi connectivity index (χ0n) is 15.8. The van der Waals surface area contributed by atoms with E-state index in [2.05, 4.69) is 6.07 Å². The molecular formula is C22H21N3O3. The third-order valence-corrected chi connectivity index (χ3v) is 4.98. The number of hydrogen-bond donors (Lipinski definition) is 1. The Morgan fingerprint density at radius 2 is 2.00 bits per heavy atom. The zero-order valence-corrected chi connectivity index (χ0v) is 15.8. The van der Waals surface area contributed by atoms with Gasteiger partial charge in [0.25, 0.3) is 5.91 Å². The van der Waals surface area contributed by atoms with Gasteiger partial charge in [0.1, 0.15) is 12.6 Å². The summed E-state index contributed by atoms with van der Waals surface area (Å²) in [7, 11) is 0. The summed E-state index contributed by atoms with van der Waals surface area (Å²) in [5.74, 6) is -1.50. The van der Waals surface area contributed by atoms with Crippen LogP contribution < -0.4 is 4.90 Å². The van der Waals surface area contributed by atoms with Crippen molar-refractivity contribution in [1.29, 1.82) is 5.26 Å². The average molecular weight is 375 g/mol. The van der Waals surface area contributed by atoms with Gasteiger partial charge in [-0.25, -0.2) is 0 Å². The van der Waals surface area contributed by atoms with Crippen LogP contribution in [0.1, 0.15) is 37.0 Å². The van der Waals surface area contributed by atoms with Crippen LogP contribution in [0.4, 0.5) is 5.69 Å². The van der Waals surface area contributed by atoms with E-state index in [1.54, 1.807) is 18.2 Å². The minimum atomic E-state index is -1.10. The number of carbonyl (C=O) groups excluding carboxylic acids is 1. The fraction of sp³-hybridized carbons (Fsp3) is 0.273. The minimum Gasteiger partial charge on any atom is -0.480 e. The SMILES string of the molecule is CC[C@H](C)C1N=C(c2ccccc2)c2cc(C#N)ccc2N(CC(=O)O)C1=O. The van der Waals surface area contributed by atoms with E-state index in [1.807, 2.05) is 44.2 Å². The monoisotopic (exact) mass is 375 g/mol. The van der Waals surface area contributed by atoms with E-state index < -0.39 is 18.6 Å². The Labute approximate surface area is 163 Å². The van der Waals surface area contributed by atoms with Gasteiger partial charge in [-0.3, -0.25) is 19.5 Å². The molecule has 0 saturated heterocycles. The van der Waals surface area contributed by atoms with Gasteiger partial charge in [0.15, 0.2) is 0 Å². The molecule has 0 radical (unpaired) electrons. The Balaban J connectivity index is 2.30. The number of nitrogens with zero attached hydrogens (tertiary/aromatic N) is 3. The van der Waals surface area contributed by atoms with Crippen molar-refractivity contribution >= 4 is 23.3 Å². The van der Waals surface area contributed by atoms with Gasteiger partial charge in [-0.1, -0.05) is 50.6 Å². The summed E-state index contributed by atoms with van der Waals surface area (Å²) in [5, 5.41) is 18.7. The van der Waals surface area contributed by atoms with Crippen molar-refractivity contribution in [3.05, 3.63) is 65.2 Å². The second kappa shape index (κ2) is 8.05. The molecule has 0 aliphatic carbocycles. The van der Waals surface area contributed by atoms with Crippen LogP contribution in [0.3, 0.4) is 0 Å². The number of carboxylic acid groups (broad SMARTS) is 1. The molecule has 142 valence electrons. The Bertz CT molecular complexity index is 976. The number of rotatable bonds is 5. The fourth-order valence-corrected chi connectivity index (χ4v) is 3.29. The molecule has 2 aromatic rings. The summed E-state index contributed by atoms with van der Waals surface area (Å²) < 4.78 is 0. The molecule has 6 heteroatoms. The van der Waals surface area contributed by atoms with Gasteiger partial charge in [-0.2, -0.15) is 5.26 Å². The number of benzodiazepines with no additional fused rings is 1. The van der Waals surface area contributed by atoms with Gasteiger partial charge >= 0.3 is 5.97 Å². The number of hydrogen-bond acceptors (Lipinski definition) is 4. The lowest BCUT2D eigenvalue weighted by molar-refractivity contribution is -0.136. The molecule has 0 aromatic heterocycles. The topological polar surface area (TPSA) is 93.8 Å². The maximum atomic E-state index is 13.3. The predicted octanol–water partition coefficient (Wildman–Crippen LogP) is 3.24. The summed E-state index contributed by atoms with van der Waals surface area (Å²) in [6.07, 6.45) is 0.725. The average Bonchev–Trinajstić information content (AvgIpc) is 2.82. The quantitative estimate of drug-likeness (QED) is 0.868. The largest absolute Gasteiger partial charge is 0.480 e. The third-order valence-electron chi connectivity index (χ3n) is 4.98. The first kappa shape index (κ1) is 19.3. The number of fused-ring (bicyclic) bond motifs is 1. The van der Waals surface area contributed by atoms with E-state index in [4.69, 9.17) is 4.99 Å². The summed E-state index contributed by atoms with van der Waals surface area (Å²) >= 11 is 0. The van der Waals surface area contributed by atoms with Gasteiger partial charge in [-0.05, 0) is 24.1 Å². The molecule has 28 heavy (non-hydrogen) atoms. The number of carboxylic acids is 1. The summed E-state index contributed by atoms with van der Waals surface area (Å²) in [6.45, 7) is 3.45. The highest BCUT2D eigenvalue weighted by Crippen LogP contribution is 2.31. The van der Waals surface area contributed by atoms with Crippen molar-refractivity contribution in [1.82, 2.24) is 0 Å². The lowest BCUT2D eigenvalue weighted by atomic mass is 9.97. The van der Waals surface area contributed by atoms with Crippen LogP contribution in [0.5, 0.6) is 0 Å². The standard InChI is InChI=1S/C22H21N3O3/c1-3-14(2)20-22(28)25(13-19(26)27)18-10-9-15(12-23)11-17(18)21(24-20)16-7-5-4-6-8-16/h4-11,14,20H,3,13H2,1-2H3,(H,26,27)/t14-,20?/m0/s1. The molecule has 6 nitrogen and oxygen atoms in total. The first-order valence-corrected chi connectivity index (χ1v) is 9.17. The Morgan fingerprint density at radius 1 is 1.29 bits per heavy atom. The van der Waals surface area contributed by atoms with Gasteiger partial charge in [0, 0.05) is 11.1 Å². The smallest absolute Gasteiger partial charge is 0.323 e. The number of nitriles is 1. The highest BCUT2D eigenvalue weighted by atomic mass is 16.4. The van der Waals surface area contributed by atoms with E-state index in [0.29, 0.717) is 22.5 Å². The van der Waals surface area contributed by atoms with Crippen LogP contribution in [-0.2, 0) is 9.59 Å². The Morgan fingerprint density at radius 3 is 2.61 bits per heavy atom. The van der Waals surface area contributed by atoms with Crippen molar-refractivity contribution in [2.75, 3.05) is 11.4 Å². The van der Waals surface area contributed by atoms with E-state index >= 15 is 0 Å². The number of aliphatic carboxylic acids is 1. The van der Waals surface area contributed by atoms with Crippen LogP contribution in [0.25, 0.3) is 0 Å².